The number of pyridine rings is 1. The quantitative estimate of drug-likeness (QED) is 0.870. The van der Waals surface area contributed by atoms with Crippen LogP contribution in [0.5, 0.6) is 0 Å². The molecule has 0 fully saturated rings. The fraction of sp³-hybridized carbons (Fsp3) is 0.188. The largest absolute Gasteiger partial charge is 0.385 e. The van der Waals surface area contributed by atoms with E-state index < -0.39 is 0 Å². The Kier molecular flexibility index (Phi) is 3.39. The number of hydrogen-bond donors (Lipinski definition) is 1. The van der Waals surface area contributed by atoms with Gasteiger partial charge in [-0.2, -0.15) is 0 Å². The lowest BCUT2D eigenvalue weighted by Crippen LogP contribution is -2.24. The zero-order chi connectivity index (χ0) is 14.8. The third-order valence-electron chi connectivity index (χ3n) is 3.58. The summed E-state index contributed by atoms with van der Waals surface area (Å²) in [4.78, 5) is 28.8. The first-order chi connectivity index (χ1) is 10.2. The van der Waals surface area contributed by atoms with Crippen molar-refractivity contribution in [2.24, 2.45) is 0 Å². The minimum absolute atomic E-state index is 0.238. The molecule has 5 nitrogen and oxygen atoms in total. The van der Waals surface area contributed by atoms with Gasteiger partial charge in [-0.25, -0.2) is 0 Å². The van der Waals surface area contributed by atoms with Crippen molar-refractivity contribution in [1.82, 2.24) is 9.88 Å². The fourth-order valence-electron chi connectivity index (χ4n) is 2.37. The Morgan fingerprint density at radius 2 is 1.76 bits per heavy atom. The SMILES string of the molecule is CN1C(=O)c2ccc(NCCc3ccncc3)cc2C1=O. The van der Waals surface area contributed by atoms with E-state index >= 15 is 0 Å². The van der Waals surface area contributed by atoms with E-state index in [4.69, 9.17) is 0 Å². The van der Waals surface area contributed by atoms with Crippen molar-refractivity contribution in [2.45, 2.75) is 6.42 Å². The number of fused-ring (bicyclic) bond motifs is 1. The maximum atomic E-state index is 11.9. The molecule has 0 atom stereocenters. The molecule has 3 rings (SSSR count). The molecule has 5 heteroatoms. The van der Waals surface area contributed by atoms with Crippen LogP contribution in [-0.4, -0.2) is 35.3 Å². The number of nitrogens with zero attached hydrogens (tertiary/aromatic N) is 2. The monoisotopic (exact) mass is 281 g/mol. The molecule has 106 valence electrons. The minimum atomic E-state index is -0.243. The summed E-state index contributed by atoms with van der Waals surface area (Å²) in [5.41, 5.74) is 2.99. The number of carbonyl (C=O) groups excluding carboxylic acids is 2. The van der Waals surface area contributed by atoms with Crippen molar-refractivity contribution in [2.75, 3.05) is 18.9 Å². The molecule has 0 saturated carbocycles. The van der Waals surface area contributed by atoms with Crippen LogP contribution in [0.1, 0.15) is 26.3 Å². The van der Waals surface area contributed by atoms with Crippen LogP contribution in [0.2, 0.25) is 0 Å². The maximum Gasteiger partial charge on any atom is 0.261 e. The number of carbonyl (C=O) groups is 2. The standard InChI is InChI=1S/C16H15N3O2/c1-19-15(20)13-3-2-12(10-14(13)16(19)21)18-9-6-11-4-7-17-8-5-11/h2-5,7-8,10,18H,6,9H2,1H3. The Balaban J connectivity index is 1.68. The van der Waals surface area contributed by atoms with Crippen LogP contribution in [0.3, 0.4) is 0 Å². The van der Waals surface area contributed by atoms with Gasteiger partial charge in [0.2, 0.25) is 0 Å². The van der Waals surface area contributed by atoms with E-state index in [2.05, 4.69) is 10.3 Å². The number of anilines is 1. The summed E-state index contributed by atoms with van der Waals surface area (Å²) < 4.78 is 0. The van der Waals surface area contributed by atoms with Gasteiger partial charge >= 0.3 is 0 Å². The van der Waals surface area contributed by atoms with Crippen LogP contribution in [-0.2, 0) is 6.42 Å². The summed E-state index contributed by atoms with van der Waals surface area (Å²) >= 11 is 0. The summed E-state index contributed by atoms with van der Waals surface area (Å²) in [7, 11) is 1.50. The smallest absolute Gasteiger partial charge is 0.261 e. The third-order valence-corrected chi connectivity index (χ3v) is 3.58. The molecular formula is C16H15N3O2. The normalized spacial score (nSPS) is 13.5. The van der Waals surface area contributed by atoms with Crippen LogP contribution in [0, 0.1) is 0 Å². The van der Waals surface area contributed by atoms with E-state index in [0.717, 1.165) is 23.6 Å². The van der Waals surface area contributed by atoms with Gasteiger partial charge in [-0.05, 0) is 42.3 Å². The van der Waals surface area contributed by atoms with Crippen LogP contribution in [0.15, 0.2) is 42.7 Å². The highest BCUT2D eigenvalue weighted by molar-refractivity contribution is 6.21. The lowest BCUT2D eigenvalue weighted by molar-refractivity contribution is 0.0693. The second-order valence-corrected chi connectivity index (χ2v) is 4.96. The van der Waals surface area contributed by atoms with Crippen molar-refractivity contribution in [3.63, 3.8) is 0 Å². The average Bonchev–Trinajstić information content (AvgIpc) is 2.73. The van der Waals surface area contributed by atoms with Crippen molar-refractivity contribution in [1.29, 1.82) is 0 Å². The maximum absolute atomic E-state index is 11.9. The molecule has 2 amide bonds. The highest BCUT2D eigenvalue weighted by atomic mass is 16.2. The topological polar surface area (TPSA) is 62.3 Å². The molecule has 1 aromatic carbocycles. The summed E-state index contributed by atoms with van der Waals surface area (Å²) in [6.07, 6.45) is 4.40. The summed E-state index contributed by atoms with van der Waals surface area (Å²) in [6.45, 7) is 0.751. The zero-order valence-corrected chi connectivity index (χ0v) is 11.7. The Bertz CT molecular complexity index is 698. The van der Waals surface area contributed by atoms with Gasteiger partial charge in [0.15, 0.2) is 0 Å². The lowest BCUT2D eigenvalue weighted by atomic mass is 10.1. The highest BCUT2D eigenvalue weighted by Gasteiger charge is 2.32. The first kappa shape index (κ1) is 13.3. The molecule has 2 heterocycles. The molecule has 1 aliphatic rings. The van der Waals surface area contributed by atoms with Crippen LogP contribution >= 0.6 is 0 Å². The molecule has 0 bridgehead atoms. The Hall–Kier alpha value is -2.69. The molecule has 0 spiro atoms. The number of imide groups is 1. The molecule has 1 N–H and O–H groups in total. The second kappa shape index (κ2) is 5.36. The average molecular weight is 281 g/mol. The van der Waals surface area contributed by atoms with Gasteiger partial charge in [0, 0.05) is 31.7 Å². The number of benzene rings is 1. The summed E-state index contributed by atoms with van der Waals surface area (Å²) in [5, 5.41) is 3.27. The molecule has 1 aromatic heterocycles. The van der Waals surface area contributed by atoms with E-state index in [1.807, 2.05) is 18.2 Å². The molecule has 21 heavy (non-hydrogen) atoms. The Morgan fingerprint density at radius 3 is 2.52 bits per heavy atom. The van der Waals surface area contributed by atoms with Gasteiger partial charge in [-0.1, -0.05) is 0 Å². The minimum Gasteiger partial charge on any atom is -0.385 e. The van der Waals surface area contributed by atoms with Crippen molar-refractivity contribution >= 4 is 17.5 Å². The molecule has 2 aromatic rings. The van der Waals surface area contributed by atoms with Crippen LogP contribution in [0.25, 0.3) is 0 Å². The molecular weight excluding hydrogens is 266 g/mol. The first-order valence-electron chi connectivity index (χ1n) is 6.76. The number of nitrogens with one attached hydrogen (secondary N) is 1. The van der Waals surface area contributed by atoms with Gasteiger partial charge in [0.05, 0.1) is 11.1 Å². The van der Waals surface area contributed by atoms with E-state index in [9.17, 15) is 9.59 Å². The molecule has 0 radical (unpaired) electrons. The predicted octanol–water partition coefficient (Wildman–Crippen LogP) is 1.96. The molecule has 0 aliphatic carbocycles. The van der Waals surface area contributed by atoms with Crippen molar-refractivity contribution < 1.29 is 9.59 Å². The Morgan fingerprint density at radius 1 is 1.05 bits per heavy atom. The Labute approximate surface area is 122 Å². The molecule has 0 saturated heterocycles. The van der Waals surface area contributed by atoms with Gasteiger partial charge in [-0.3, -0.25) is 19.5 Å². The fourth-order valence-corrected chi connectivity index (χ4v) is 2.37. The van der Waals surface area contributed by atoms with Crippen molar-refractivity contribution in [3.8, 4) is 0 Å². The van der Waals surface area contributed by atoms with E-state index in [-0.39, 0.29) is 11.8 Å². The third kappa shape index (κ3) is 2.50. The van der Waals surface area contributed by atoms with Gasteiger partial charge in [0.1, 0.15) is 0 Å². The number of rotatable bonds is 4. The van der Waals surface area contributed by atoms with Gasteiger partial charge in [-0.15, -0.1) is 0 Å². The van der Waals surface area contributed by atoms with Gasteiger partial charge in [0.25, 0.3) is 11.8 Å². The van der Waals surface area contributed by atoms with E-state index in [0.29, 0.717) is 11.1 Å². The van der Waals surface area contributed by atoms with Gasteiger partial charge < -0.3 is 5.32 Å². The van der Waals surface area contributed by atoms with Crippen LogP contribution in [0.4, 0.5) is 5.69 Å². The van der Waals surface area contributed by atoms with E-state index in [1.165, 1.54) is 12.6 Å². The predicted molar refractivity (Wildman–Crippen MR) is 79.3 cm³/mol. The zero-order valence-electron chi connectivity index (χ0n) is 11.7. The lowest BCUT2D eigenvalue weighted by Gasteiger charge is -2.07. The number of hydrogen-bond acceptors (Lipinski definition) is 4. The molecule has 1 aliphatic heterocycles. The van der Waals surface area contributed by atoms with E-state index in [1.54, 1.807) is 24.5 Å². The number of aromatic nitrogens is 1. The first-order valence-corrected chi connectivity index (χ1v) is 6.76. The number of amides is 2. The van der Waals surface area contributed by atoms with Crippen LogP contribution < -0.4 is 5.32 Å². The van der Waals surface area contributed by atoms with Crippen molar-refractivity contribution in [3.05, 3.63) is 59.4 Å². The summed E-state index contributed by atoms with van der Waals surface area (Å²) in [5.74, 6) is -0.480. The molecule has 0 unspecified atom stereocenters. The summed E-state index contributed by atoms with van der Waals surface area (Å²) in [6, 6.07) is 9.22. The second-order valence-electron chi connectivity index (χ2n) is 4.96. The highest BCUT2D eigenvalue weighted by Crippen LogP contribution is 2.24.